The second kappa shape index (κ2) is 6.10. The topological polar surface area (TPSA) is 30.5 Å². The second-order valence-corrected chi connectivity index (χ2v) is 4.95. The van der Waals surface area contributed by atoms with Gasteiger partial charge in [0.1, 0.15) is 11.5 Å². The van der Waals surface area contributed by atoms with E-state index in [2.05, 4.69) is 11.4 Å². The minimum Gasteiger partial charge on any atom is -0.496 e. The zero-order chi connectivity index (χ0) is 13.0. The van der Waals surface area contributed by atoms with E-state index in [-0.39, 0.29) is 0 Å². The van der Waals surface area contributed by atoms with E-state index in [1.807, 2.05) is 13.0 Å². The molecule has 1 aromatic rings. The molecule has 0 unspecified atom stereocenters. The highest BCUT2D eigenvalue weighted by Gasteiger charge is 2.16. The zero-order valence-electron chi connectivity index (χ0n) is 11.6. The van der Waals surface area contributed by atoms with Crippen molar-refractivity contribution in [2.45, 2.75) is 45.2 Å². The largest absolute Gasteiger partial charge is 0.496 e. The van der Waals surface area contributed by atoms with Crippen LogP contribution >= 0.6 is 0 Å². The van der Waals surface area contributed by atoms with Gasteiger partial charge < -0.3 is 14.8 Å². The summed E-state index contributed by atoms with van der Waals surface area (Å²) in [6, 6.07) is 4.79. The third-order valence-electron chi connectivity index (χ3n) is 3.80. The minimum atomic E-state index is 0.678. The number of methoxy groups -OCH3 is 2. The number of rotatable bonds is 5. The normalized spacial score (nSPS) is 15.9. The SMILES string of the molecule is COc1ccc(CNC2CCCC2)c(OC)c1C. The summed E-state index contributed by atoms with van der Waals surface area (Å²) >= 11 is 0. The van der Waals surface area contributed by atoms with Crippen LogP contribution in [0.3, 0.4) is 0 Å². The predicted octanol–water partition coefficient (Wildman–Crippen LogP) is 3.04. The Morgan fingerprint density at radius 2 is 1.89 bits per heavy atom. The Hall–Kier alpha value is -1.22. The van der Waals surface area contributed by atoms with Crippen molar-refractivity contribution in [1.29, 1.82) is 0 Å². The van der Waals surface area contributed by atoms with Crippen molar-refractivity contribution in [3.05, 3.63) is 23.3 Å². The number of benzene rings is 1. The van der Waals surface area contributed by atoms with Crippen molar-refractivity contribution in [1.82, 2.24) is 5.32 Å². The molecular formula is C15H23NO2. The summed E-state index contributed by atoms with van der Waals surface area (Å²) in [6.07, 6.45) is 5.32. The first-order chi connectivity index (χ1) is 8.76. The van der Waals surface area contributed by atoms with Gasteiger partial charge in [0, 0.05) is 23.7 Å². The van der Waals surface area contributed by atoms with Gasteiger partial charge in [-0.15, -0.1) is 0 Å². The zero-order valence-corrected chi connectivity index (χ0v) is 11.6. The van der Waals surface area contributed by atoms with E-state index in [9.17, 15) is 0 Å². The first-order valence-electron chi connectivity index (χ1n) is 6.70. The Kier molecular flexibility index (Phi) is 4.48. The van der Waals surface area contributed by atoms with Gasteiger partial charge in [-0.05, 0) is 25.8 Å². The molecule has 0 bridgehead atoms. The summed E-state index contributed by atoms with van der Waals surface area (Å²) in [6.45, 7) is 2.91. The van der Waals surface area contributed by atoms with Crippen LogP contribution in [-0.4, -0.2) is 20.3 Å². The van der Waals surface area contributed by atoms with Crippen molar-refractivity contribution in [2.24, 2.45) is 0 Å². The molecule has 1 saturated carbocycles. The van der Waals surface area contributed by atoms with Gasteiger partial charge in [0.2, 0.25) is 0 Å². The molecule has 0 heterocycles. The second-order valence-electron chi connectivity index (χ2n) is 4.95. The van der Waals surface area contributed by atoms with Crippen LogP contribution < -0.4 is 14.8 Å². The summed E-state index contributed by atoms with van der Waals surface area (Å²) in [7, 11) is 3.42. The molecule has 0 atom stereocenters. The first-order valence-corrected chi connectivity index (χ1v) is 6.70. The van der Waals surface area contributed by atoms with Crippen molar-refractivity contribution in [3.63, 3.8) is 0 Å². The molecule has 3 heteroatoms. The van der Waals surface area contributed by atoms with Gasteiger partial charge in [-0.25, -0.2) is 0 Å². The molecule has 1 aliphatic rings. The standard InChI is InChI=1S/C15H23NO2/c1-11-14(17-2)9-8-12(15(11)18-3)10-16-13-6-4-5-7-13/h8-9,13,16H,4-7,10H2,1-3H3. The average Bonchev–Trinajstić information content (AvgIpc) is 2.89. The fraction of sp³-hybridized carbons (Fsp3) is 0.600. The molecule has 0 radical (unpaired) electrons. The Morgan fingerprint density at radius 1 is 1.17 bits per heavy atom. The molecule has 1 aliphatic carbocycles. The highest BCUT2D eigenvalue weighted by atomic mass is 16.5. The third-order valence-corrected chi connectivity index (χ3v) is 3.80. The molecule has 0 saturated heterocycles. The van der Waals surface area contributed by atoms with E-state index < -0.39 is 0 Å². The van der Waals surface area contributed by atoms with Crippen LogP contribution in [0.5, 0.6) is 11.5 Å². The van der Waals surface area contributed by atoms with Crippen molar-refractivity contribution >= 4 is 0 Å². The van der Waals surface area contributed by atoms with Gasteiger partial charge in [-0.3, -0.25) is 0 Å². The quantitative estimate of drug-likeness (QED) is 0.870. The monoisotopic (exact) mass is 249 g/mol. The van der Waals surface area contributed by atoms with Crippen LogP contribution in [0.25, 0.3) is 0 Å². The van der Waals surface area contributed by atoms with Crippen LogP contribution in [-0.2, 0) is 6.54 Å². The fourth-order valence-electron chi connectivity index (χ4n) is 2.76. The maximum Gasteiger partial charge on any atom is 0.129 e. The number of nitrogens with one attached hydrogen (secondary N) is 1. The molecule has 0 aromatic heterocycles. The van der Waals surface area contributed by atoms with Gasteiger partial charge in [-0.2, -0.15) is 0 Å². The molecule has 100 valence electrons. The average molecular weight is 249 g/mol. The van der Waals surface area contributed by atoms with Gasteiger partial charge in [0.15, 0.2) is 0 Å². The molecule has 0 amide bonds. The first kappa shape index (κ1) is 13.2. The maximum absolute atomic E-state index is 5.51. The number of ether oxygens (including phenoxy) is 2. The van der Waals surface area contributed by atoms with Crippen molar-refractivity contribution in [3.8, 4) is 11.5 Å². The Labute approximate surface area is 109 Å². The summed E-state index contributed by atoms with van der Waals surface area (Å²) < 4.78 is 10.8. The summed E-state index contributed by atoms with van der Waals surface area (Å²) in [5, 5.41) is 3.62. The molecule has 0 spiro atoms. The van der Waals surface area contributed by atoms with E-state index in [0.29, 0.717) is 6.04 Å². The molecule has 2 rings (SSSR count). The fourth-order valence-corrected chi connectivity index (χ4v) is 2.76. The molecule has 1 fully saturated rings. The third kappa shape index (κ3) is 2.78. The van der Waals surface area contributed by atoms with Gasteiger partial charge in [-0.1, -0.05) is 18.9 Å². The lowest BCUT2D eigenvalue weighted by Gasteiger charge is -2.17. The lowest BCUT2D eigenvalue weighted by molar-refractivity contribution is 0.383. The van der Waals surface area contributed by atoms with Gasteiger partial charge in [0.05, 0.1) is 14.2 Å². The minimum absolute atomic E-state index is 0.678. The van der Waals surface area contributed by atoms with Crippen LogP contribution in [0.15, 0.2) is 12.1 Å². The van der Waals surface area contributed by atoms with Crippen LogP contribution in [0.4, 0.5) is 0 Å². The Balaban J connectivity index is 2.09. The lowest BCUT2D eigenvalue weighted by Crippen LogP contribution is -2.25. The van der Waals surface area contributed by atoms with Crippen molar-refractivity contribution < 1.29 is 9.47 Å². The molecular weight excluding hydrogens is 226 g/mol. The Morgan fingerprint density at radius 3 is 2.50 bits per heavy atom. The summed E-state index contributed by atoms with van der Waals surface area (Å²) in [4.78, 5) is 0. The van der Waals surface area contributed by atoms with Crippen LogP contribution in [0.2, 0.25) is 0 Å². The molecule has 1 N–H and O–H groups in total. The van der Waals surface area contributed by atoms with Gasteiger partial charge in [0.25, 0.3) is 0 Å². The predicted molar refractivity (Wildman–Crippen MR) is 73.4 cm³/mol. The maximum atomic E-state index is 5.51. The highest BCUT2D eigenvalue weighted by Crippen LogP contribution is 2.31. The lowest BCUT2D eigenvalue weighted by atomic mass is 10.1. The van der Waals surface area contributed by atoms with E-state index in [0.717, 1.165) is 23.6 Å². The van der Waals surface area contributed by atoms with Crippen LogP contribution in [0.1, 0.15) is 36.8 Å². The van der Waals surface area contributed by atoms with E-state index in [1.165, 1.54) is 31.2 Å². The van der Waals surface area contributed by atoms with Crippen LogP contribution in [0, 0.1) is 6.92 Å². The number of hydrogen-bond acceptors (Lipinski definition) is 3. The molecule has 18 heavy (non-hydrogen) atoms. The smallest absolute Gasteiger partial charge is 0.129 e. The number of hydrogen-bond donors (Lipinski definition) is 1. The summed E-state index contributed by atoms with van der Waals surface area (Å²) in [5.74, 6) is 1.83. The highest BCUT2D eigenvalue weighted by molar-refractivity contribution is 5.49. The van der Waals surface area contributed by atoms with Gasteiger partial charge >= 0.3 is 0 Å². The van der Waals surface area contributed by atoms with Crippen molar-refractivity contribution in [2.75, 3.05) is 14.2 Å². The molecule has 1 aromatic carbocycles. The molecule has 3 nitrogen and oxygen atoms in total. The molecule has 0 aliphatic heterocycles. The van der Waals surface area contributed by atoms with E-state index in [4.69, 9.17) is 9.47 Å². The van der Waals surface area contributed by atoms with E-state index >= 15 is 0 Å². The Bertz CT molecular complexity index is 398. The summed E-state index contributed by atoms with van der Waals surface area (Å²) in [5.41, 5.74) is 2.29. The van der Waals surface area contributed by atoms with E-state index in [1.54, 1.807) is 14.2 Å².